The summed E-state index contributed by atoms with van der Waals surface area (Å²) in [6.07, 6.45) is 0. The number of fused-ring (bicyclic) bond motifs is 11. The Balaban J connectivity index is 1.18. The number of benzene rings is 8. The summed E-state index contributed by atoms with van der Waals surface area (Å²) in [4.78, 5) is 2.37. The Kier molecular flexibility index (Phi) is 5.86. The molecule has 0 aliphatic heterocycles. The van der Waals surface area contributed by atoms with Gasteiger partial charge in [0.05, 0.1) is 5.41 Å². The van der Waals surface area contributed by atoms with E-state index in [1.165, 1.54) is 66.4 Å². The monoisotopic (exact) mass is 609 g/mol. The lowest BCUT2D eigenvalue weighted by Crippen LogP contribution is -2.25. The third-order valence-electron chi connectivity index (χ3n) is 10.4. The van der Waals surface area contributed by atoms with Gasteiger partial charge in [-0.25, -0.2) is 0 Å². The molecule has 2 aliphatic rings. The molecule has 1 spiro atoms. The van der Waals surface area contributed by atoms with Gasteiger partial charge in [0.15, 0.2) is 0 Å². The second-order valence-electron chi connectivity index (χ2n) is 12.9. The molecule has 8 aromatic rings. The van der Waals surface area contributed by atoms with Crippen LogP contribution in [-0.4, -0.2) is 0 Å². The van der Waals surface area contributed by atoms with E-state index in [0.717, 1.165) is 17.1 Å². The van der Waals surface area contributed by atoms with Gasteiger partial charge in [-0.1, -0.05) is 140 Å². The molecule has 10 rings (SSSR count). The molecule has 1 nitrogen and oxygen atoms in total. The van der Waals surface area contributed by atoms with Gasteiger partial charge in [-0.15, -0.1) is 0 Å². The summed E-state index contributed by atoms with van der Waals surface area (Å²) >= 11 is 0. The van der Waals surface area contributed by atoms with E-state index in [0.29, 0.717) is 0 Å². The maximum absolute atomic E-state index is 2.48. The predicted molar refractivity (Wildman–Crippen MR) is 200 cm³/mol. The normalized spacial score (nSPS) is 13.2. The molecule has 0 atom stereocenters. The molecule has 0 fully saturated rings. The molecule has 0 saturated heterocycles. The fraction of sp³-hybridized carbons (Fsp3) is 0.0213. The summed E-state index contributed by atoms with van der Waals surface area (Å²) in [5.41, 5.74) is 16.3. The third-order valence-corrected chi connectivity index (χ3v) is 10.4. The molecule has 0 radical (unpaired) electrons. The van der Waals surface area contributed by atoms with Crippen molar-refractivity contribution in [3.05, 3.63) is 210 Å². The predicted octanol–water partition coefficient (Wildman–Crippen LogP) is 12.3. The fourth-order valence-electron chi connectivity index (χ4n) is 8.42. The summed E-state index contributed by atoms with van der Waals surface area (Å²) < 4.78 is 0. The van der Waals surface area contributed by atoms with Gasteiger partial charge < -0.3 is 4.90 Å². The van der Waals surface area contributed by atoms with E-state index in [1.54, 1.807) is 0 Å². The Morgan fingerprint density at radius 3 is 1.40 bits per heavy atom. The summed E-state index contributed by atoms with van der Waals surface area (Å²) in [6.45, 7) is 0. The Morgan fingerprint density at radius 1 is 0.292 bits per heavy atom. The first-order valence-corrected chi connectivity index (χ1v) is 16.7. The summed E-state index contributed by atoms with van der Waals surface area (Å²) in [6, 6.07) is 69.1. The van der Waals surface area contributed by atoms with Gasteiger partial charge >= 0.3 is 0 Å². The minimum absolute atomic E-state index is 0.351. The molecule has 0 heterocycles. The Bertz CT molecular complexity index is 2450. The van der Waals surface area contributed by atoms with Gasteiger partial charge in [0.1, 0.15) is 0 Å². The second-order valence-corrected chi connectivity index (χ2v) is 12.9. The van der Waals surface area contributed by atoms with Crippen LogP contribution in [0.5, 0.6) is 0 Å². The highest BCUT2D eigenvalue weighted by atomic mass is 15.1. The van der Waals surface area contributed by atoms with Gasteiger partial charge in [-0.2, -0.15) is 0 Å². The first-order valence-electron chi connectivity index (χ1n) is 16.7. The maximum Gasteiger partial charge on any atom is 0.0725 e. The molecule has 0 bridgehead atoms. The van der Waals surface area contributed by atoms with Crippen molar-refractivity contribution in [3.63, 3.8) is 0 Å². The largest absolute Gasteiger partial charge is 0.310 e. The van der Waals surface area contributed by atoms with Crippen LogP contribution in [0.4, 0.5) is 17.1 Å². The zero-order valence-corrected chi connectivity index (χ0v) is 26.3. The van der Waals surface area contributed by atoms with Crippen molar-refractivity contribution in [2.24, 2.45) is 0 Å². The lowest BCUT2D eigenvalue weighted by Gasteiger charge is -2.30. The average Bonchev–Trinajstić information content (AvgIpc) is 3.62. The number of rotatable bonds is 4. The van der Waals surface area contributed by atoms with Crippen LogP contribution in [0.3, 0.4) is 0 Å². The van der Waals surface area contributed by atoms with Crippen LogP contribution < -0.4 is 4.90 Å². The van der Waals surface area contributed by atoms with Crippen LogP contribution in [0, 0.1) is 0 Å². The van der Waals surface area contributed by atoms with E-state index in [9.17, 15) is 0 Å². The van der Waals surface area contributed by atoms with E-state index in [1.807, 2.05) is 0 Å². The highest BCUT2D eigenvalue weighted by molar-refractivity contribution is 6.01. The summed E-state index contributed by atoms with van der Waals surface area (Å²) in [5, 5.41) is 2.48. The molecule has 0 amide bonds. The zero-order chi connectivity index (χ0) is 31.7. The number of hydrogen-bond acceptors (Lipinski definition) is 1. The molecule has 0 aromatic heterocycles. The smallest absolute Gasteiger partial charge is 0.0725 e. The van der Waals surface area contributed by atoms with Gasteiger partial charge in [0, 0.05) is 17.1 Å². The minimum atomic E-state index is -0.351. The highest BCUT2D eigenvalue weighted by Crippen LogP contribution is 2.63. The molecule has 0 saturated carbocycles. The lowest BCUT2D eigenvalue weighted by molar-refractivity contribution is 0.795. The molecule has 48 heavy (non-hydrogen) atoms. The number of anilines is 3. The third kappa shape index (κ3) is 3.79. The Morgan fingerprint density at radius 2 is 0.771 bits per heavy atom. The van der Waals surface area contributed by atoms with Crippen LogP contribution in [-0.2, 0) is 5.41 Å². The lowest BCUT2D eigenvalue weighted by atomic mass is 9.70. The second kappa shape index (κ2) is 10.4. The average molecular weight is 610 g/mol. The topological polar surface area (TPSA) is 3.24 Å². The van der Waals surface area contributed by atoms with Crippen molar-refractivity contribution in [1.82, 2.24) is 0 Å². The molecule has 2 aliphatic carbocycles. The molecular weight excluding hydrogens is 579 g/mol. The van der Waals surface area contributed by atoms with Crippen molar-refractivity contribution in [1.29, 1.82) is 0 Å². The molecule has 1 heteroatoms. The molecule has 224 valence electrons. The SMILES string of the molecule is c1ccc(-c2ccc(N(c3ccccc3)c3ccc4cc5c(cc4c3)C3(c4ccccc4-c4ccccc43)c3ccccc3-5)cc2)cc1. The van der Waals surface area contributed by atoms with E-state index in [-0.39, 0.29) is 5.41 Å². The molecule has 0 unspecified atom stereocenters. The minimum Gasteiger partial charge on any atom is -0.310 e. The van der Waals surface area contributed by atoms with Gasteiger partial charge in [0.25, 0.3) is 0 Å². The number of nitrogens with zero attached hydrogens (tertiary/aromatic N) is 1. The van der Waals surface area contributed by atoms with Crippen LogP contribution >= 0.6 is 0 Å². The van der Waals surface area contributed by atoms with Gasteiger partial charge in [-0.3, -0.25) is 0 Å². The number of hydrogen-bond donors (Lipinski definition) is 0. The molecule has 0 N–H and O–H groups in total. The van der Waals surface area contributed by atoms with Crippen LogP contribution in [0.25, 0.3) is 44.2 Å². The van der Waals surface area contributed by atoms with Crippen LogP contribution in [0.1, 0.15) is 22.3 Å². The Hall–Kier alpha value is -6.18. The van der Waals surface area contributed by atoms with Gasteiger partial charge in [0.2, 0.25) is 0 Å². The molecule has 8 aromatic carbocycles. The van der Waals surface area contributed by atoms with E-state index in [2.05, 4.69) is 193 Å². The van der Waals surface area contributed by atoms with Crippen molar-refractivity contribution >= 4 is 27.8 Å². The first-order chi connectivity index (χ1) is 23.8. The molecular formula is C47H31N. The van der Waals surface area contributed by atoms with Crippen molar-refractivity contribution < 1.29 is 0 Å². The van der Waals surface area contributed by atoms with E-state index >= 15 is 0 Å². The van der Waals surface area contributed by atoms with Crippen molar-refractivity contribution in [2.75, 3.05) is 4.90 Å². The van der Waals surface area contributed by atoms with Crippen LogP contribution in [0.15, 0.2) is 188 Å². The summed E-state index contributed by atoms with van der Waals surface area (Å²) in [7, 11) is 0. The first kappa shape index (κ1) is 27.0. The van der Waals surface area contributed by atoms with Crippen molar-refractivity contribution in [2.45, 2.75) is 5.41 Å². The maximum atomic E-state index is 2.48. The zero-order valence-electron chi connectivity index (χ0n) is 26.3. The van der Waals surface area contributed by atoms with Gasteiger partial charge in [-0.05, 0) is 115 Å². The van der Waals surface area contributed by atoms with Crippen molar-refractivity contribution in [3.8, 4) is 33.4 Å². The Labute approximate surface area is 281 Å². The summed E-state index contributed by atoms with van der Waals surface area (Å²) in [5.74, 6) is 0. The quantitative estimate of drug-likeness (QED) is 0.192. The van der Waals surface area contributed by atoms with E-state index < -0.39 is 0 Å². The highest BCUT2D eigenvalue weighted by Gasteiger charge is 2.51. The van der Waals surface area contributed by atoms with Crippen LogP contribution in [0.2, 0.25) is 0 Å². The standard InChI is InChI=1S/C47H31N/c1-3-13-32(14-4-1)33-23-26-37(27-24-33)48(36-15-5-2-6-16-36)38-28-25-34-30-42-41-19-9-12-22-45(41)47(46(42)31-35(34)29-38)43-20-10-7-17-39(43)40-18-8-11-21-44(40)47/h1-31H. The number of para-hydroxylation sites is 1. The van der Waals surface area contributed by atoms with E-state index in [4.69, 9.17) is 0 Å². The fourth-order valence-corrected chi connectivity index (χ4v) is 8.42.